The van der Waals surface area contributed by atoms with Crippen LogP contribution in [0.2, 0.25) is 0 Å². The first kappa shape index (κ1) is 21.0. The van der Waals surface area contributed by atoms with Crippen molar-refractivity contribution in [3.05, 3.63) is 128 Å². The maximum atomic E-state index is 4.71. The molecular formula is C33H24N5+. The molecule has 0 bridgehead atoms. The van der Waals surface area contributed by atoms with Gasteiger partial charge in [0.2, 0.25) is 6.33 Å². The van der Waals surface area contributed by atoms with Gasteiger partial charge in [-0.2, -0.15) is 0 Å². The van der Waals surface area contributed by atoms with Crippen LogP contribution in [0.3, 0.4) is 0 Å². The fourth-order valence-corrected chi connectivity index (χ4v) is 5.83. The lowest BCUT2D eigenvalue weighted by molar-refractivity contribution is -0.670. The Morgan fingerprint density at radius 3 is 1.87 bits per heavy atom. The fourth-order valence-electron chi connectivity index (χ4n) is 5.83. The van der Waals surface area contributed by atoms with Crippen molar-refractivity contribution in [3.63, 3.8) is 0 Å². The summed E-state index contributed by atoms with van der Waals surface area (Å²) in [5, 5.41) is 4.93. The molecular weight excluding hydrogens is 466 g/mol. The minimum Gasteiger partial charge on any atom is -0.309 e. The number of aryl methyl sites for hydroxylation is 1. The largest absolute Gasteiger partial charge is 0.309 e. The van der Waals surface area contributed by atoms with Crippen LogP contribution in [0.5, 0.6) is 0 Å². The molecule has 0 atom stereocenters. The van der Waals surface area contributed by atoms with Crippen molar-refractivity contribution in [2.75, 3.05) is 0 Å². The minimum atomic E-state index is 0.917. The van der Waals surface area contributed by atoms with E-state index < -0.39 is 0 Å². The van der Waals surface area contributed by atoms with Crippen molar-refractivity contribution in [3.8, 4) is 17.2 Å². The number of para-hydroxylation sites is 2. The van der Waals surface area contributed by atoms with E-state index in [4.69, 9.17) is 4.98 Å². The van der Waals surface area contributed by atoms with Crippen molar-refractivity contribution in [1.29, 1.82) is 0 Å². The Morgan fingerprint density at radius 1 is 0.579 bits per heavy atom. The van der Waals surface area contributed by atoms with Crippen molar-refractivity contribution >= 4 is 43.6 Å². The van der Waals surface area contributed by atoms with Crippen LogP contribution in [-0.2, 0) is 7.05 Å². The van der Waals surface area contributed by atoms with E-state index in [0.29, 0.717) is 0 Å². The van der Waals surface area contributed by atoms with Gasteiger partial charge in [0.25, 0.3) is 0 Å². The molecule has 0 saturated carbocycles. The summed E-state index contributed by atoms with van der Waals surface area (Å²) in [5.41, 5.74) is 6.92. The SMILES string of the molecule is C[n+]1ccn(-c2ccc3c4ccccc4n(-c4ccc5c6ccccc6n(-c6ccccn6)c5c4)c3c2)c1. The molecule has 4 aromatic heterocycles. The monoisotopic (exact) mass is 490 g/mol. The van der Waals surface area contributed by atoms with Crippen LogP contribution in [-0.4, -0.2) is 18.7 Å². The number of nitrogens with zero attached hydrogens (tertiary/aromatic N) is 5. The molecule has 0 unspecified atom stereocenters. The summed E-state index contributed by atoms with van der Waals surface area (Å²) >= 11 is 0. The van der Waals surface area contributed by atoms with Gasteiger partial charge in [-0.1, -0.05) is 48.5 Å². The molecule has 8 aromatic rings. The lowest BCUT2D eigenvalue weighted by Crippen LogP contribution is -2.23. The van der Waals surface area contributed by atoms with E-state index in [1.54, 1.807) is 0 Å². The second-order valence-electron chi connectivity index (χ2n) is 9.78. The maximum Gasteiger partial charge on any atom is 0.248 e. The van der Waals surface area contributed by atoms with Crippen LogP contribution >= 0.6 is 0 Å². The van der Waals surface area contributed by atoms with Crippen molar-refractivity contribution < 1.29 is 4.57 Å². The summed E-state index contributed by atoms with van der Waals surface area (Å²) in [7, 11) is 2.04. The van der Waals surface area contributed by atoms with Crippen LogP contribution in [0.1, 0.15) is 0 Å². The topological polar surface area (TPSA) is 31.6 Å². The summed E-state index contributed by atoms with van der Waals surface area (Å²) in [6.07, 6.45) is 8.09. The molecule has 0 aliphatic heterocycles. The highest BCUT2D eigenvalue weighted by molar-refractivity contribution is 6.12. The Morgan fingerprint density at radius 2 is 1.18 bits per heavy atom. The molecule has 4 heterocycles. The number of hydrogen-bond acceptors (Lipinski definition) is 1. The third kappa shape index (κ3) is 2.99. The van der Waals surface area contributed by atoms with Gasteiger partial charge in [-0.25, -0.2) is 14.1 Å². The number of pyridine rings is 1. The second kappa shape index (κ2) is 7.92. The van der Waals surface area contributed by atoms with E-state index in [2.05, 4.69) is 128 Å². The van der Waals surface area contributed by atoms with Gasteiger partial charge in [0, 0.05) is 39.5 Å². The molecule has 0 fully saturated rings. The zero-order valence-electron chi connectivity index (χ0n) is 20.9. The molecule has 8 rings (SSSR count). The van der Waals surface area contributed by atoms with Gasteiger partial charge in [-0.05, 0) is 48.5 Å². The zero-order valence-corrected chi connectivity index (χ0v) is 20.9. The van der Waals surface area contributed by atoms with E-state index >= 15 is 0 Å². The number of fused-ring (bicyclic) bond motifs is 6. The van der Waals surface area contributed by atoms with Gasteiger partial charge in [0.15, 0.2) is 0 Å². The first-order chi connectivity index (χ1) is 18.8. The van der Waals surface area contributed by atoms with Gasteiger partial charge < -0.3 is 4.57 Å². The van der Waals surface area contributed by atoms with E-state index in [0.717, 1.165) is 28.2 Å². The molecule has 5 heteroatoms. The lowest BCUT2D eigenvalue weighted by atomic mass is 10.1. The third-order valence-corrected chi connectivity index (χ3v) is 7.52. The minimum absolute atomic E-state index is 0.917. The summed E-state index contributed by atoms with van der Waals surface area (Å²) in [4.78, 5) is 4.71. The van der Waals surface area contributed by atoms with E-state index in [1.807, 2.05) is 25.4 Å². The fraction of sp³-hybridized carbons (Fsp3) is 0.0303. The maximum absolute atomic E-state index is 4.71. The highest BCUT2D eigenvalue weighted by Crippen LogP contribution is 2.37. The van der Waals surface area contributed by atoms with Crippen LogP contribution in [0.25, 0.3) is 60.8 Å². The van der Waals surface area contributed by atoms with Crippen LogP contribution in [0.4, 0.5) is 0 Å². The van der Waals surface area contributed by atoms with Crippen molar-refractivity contribution in [2.45, 2.75) is 0 Å². The van der Waals surface area contributed by atoms with E-state index in [9.17, 15) is 0 Å². The number of imidazole rings is 1. The van der Waals surface area contributed by atoms with Gasteiger partial charge in [-0.15, -0.1) is 0 Å². The summed E-state index contributed by atoms with van der Waals surface area (Å²) in [5.74, 6) is 0.917. The van der Waals surface area contributed by atoms with E-state index in [1.165, 1.54) is 32.6 Å². The van der Waals surface area contributed by atoms with Gasteiger partial charge in [0.1, 0.15) is 23.9 Å². The zero-order chi connectivity index (χ0) is 25.2. The molecule has 180 valence electrons. The summed E-state index contributed by atoms with van der Waals surface area (Å²) in [6, 6.07) is 36.8. The highest BCUT2D eigenvalue weighted by Gasteiger charge is 2.17. The Kier molecular flexibility index (Phi) is 4.37. The molecule has 0 aliphatic rings. The predicted molar refractivity (Wildman–Crippen MR) is 153 cm³/mol. The van der Waals surface area contributed by atoms with Gasteiger partial charge in [-0.3, -0.25) is 4.57 Å². The lowest BCUT2D eigenvalue weighted by Gasteiger charge is -2.11. The molecule has 0 saturated heterocycles. The summed E-state index contributed by atoms with van der Waals surface area (Å²) < 4.78 is 8.87. The average Bonchev–Trinajstić information content (AvgIpc) is 3.64. The van der Waals surface area contributed by atoms with Crippen LogP contribution in [0, 0.1) is 0 Å². The van der Waals surface area contributed by atoms with Crippen LogP contribution < -0.4 is 4.57 Å². The Bertz CT molecular complexity index is 2140. The average molecular weight is 491 g/mol. The van der Waals surface area contributed by atoms with Crippen molar-refractivity contribution in [1.82, 2.24) is 18.7 Å². The Hall–Kier alpha value is -5.16. The molecule has 4 aromatic carbocycles. The molecule has 0 amide bonds. The number of hydrogen-bond donors (Lipinski definition) is 0. The molecule has 0 aliphatic carbocycles. The summed E-state index contributed by atoms with van der Waals surface area (Å²) in [6.45, 7) is 0. The normalized spacial score (nSPS) is 11.8. The number of aromatic nitrogens is 5. The van der Waals surface area contributed by atoms with E-state index in [-0.39, 0.29) is 0 Å². The standard InChI is InChI=1S/C33H24N5/c1-35-18-19-36(22-35)23-13-15-27-25-8-2-4-10-29(25)37(31(27)20-23)24-14-16-28-26-9-3-5-11-30(26)38(32(28)21-24)33-12-6-7-17-34-33/h2-22H,1H3/q+1. The van der Waals surface area contributed by atoms with Crippen LogP contribution in [0.15, 0.2) is 128 Å². The van der Waals surface area contributed by atoms with Gasteiger partial charge >= 0.3 is 0 Å². The number of rotatable bonds is 3. The Balaban J connectivity index is 1.46. The van der Waals surface area contributed by atoms with Gasteiger partial charge in [0.05, 0.1) is 29.1 Å². The molecule has 0 spiro atoms. The second-order valence-corrected chi connectivity index (χ2v) is 9.78. The molecule has 5 nitrogen and oxygen atoms in total. The molecule has 38 heavy (non-hydrogen) atoms. The third-order valence-electron chi connectivity index (χ3n) is 7.52. The highest BCUT2D eigenvalue weighted by atomic mass is 15.1. The molecule has 0 N–H and O–H groups in total. The first-order valence-corrected chi connectivity index (χ1v) is 12.8. The molecule has 0 radical (unpaired) electrons. The van der Waals surface area contributed by atoms with Crippen molar-refractivity contribution in [2.24, 2.45) is 7.05 Å². The predicted octanol–water partition coefficient (Wildman–Crippen LogP) is 6.89. The number of benzene rings is 4. The first-order valence-electron chi connectivity index (χ1n) is 12.8. The Labute approximate surface area is 219 Å². The smallest absolute Gasteiger partial charge is 0.248 e. The quantitative estimate of drug-likeness (QED) is 0.248.